The molecular weight excluding hydrogens is 382 g/mol. The van der Waals surface area contributed by atoms with Gasteiger partial charge < -0.3 is 19.3 Å². The molecule has 1 amide bonds. The summed E-state index contributed by atoms with van der Waals surface area (Å²) < 4.78 is 10.9. The van der Waals surface area contributed by atoms with Gasteiger partial charge in [0.25, 0.3) is 0 Å². The van der Waals surface area contributed by atoms with Crippen LogP contribution in [-0.2, 0) is 16.0 Å². The number of amides is 1. The summed E-state index contributed by atoms with van der Waals surface area (Å²) in [6.07, 6.45) is 4.87. The highest BCUT2D eigenvalue weighted by Crippen LogP contribution is 2.41. The molecule has 1 unspecified atom stereocenters. The van der Waals surface area contributed by atoms with E-state index in [2.05, 4.69) is 10.1 Å². The number of likely N-dealkylation sites (tertiary alicyclic amines) is 2. The number of hydrogen-bond donors (Lipinski definition) is 1. The molecule has 4 heterocycles. The van der Waals surface area contributed by atoms with Gasteiger partial charge in [0, 0.05) is 50.8 Å². The van der Waals surface area contributed by atoms with Crippen LogP contribution in [0.25, 0.3) is 11.0 Å². The van der Waals surface area contributed by atoms with Gasteiger partial charge in [-0.05, 0) is 49.7 Å². The fraction of sp³-hybridized carbons (Fsp3) is 0.652. The van der Waals surface area contributed by atoms with E-state index < -0.39 is 0 Å². The summed E-state index contributed by atoms with van der Waals surface area (Å²) in [4.78, 5) is 17.4. The molecule has 3 saturated heterocycles. The monoisotopic (exact) mass is 413 g/mol. The maximum Gasteiger partial charge on any atom is 0.228 e. The summed E-state index contributed by atoms with van der Waals surface area (Å²) in [6.45, 7) is 4.96. The second kappa shape index (κ2) is 8.29. The van der Waals surface area contributed by atoms with E-state index in [1.54, 1.807) is 0 Å². The van der Waals surface area contributed by atoms with Gasteiger partial charge in [-0.1, -0.05) is 17.3 Å². The first-order valence-corrected chi connectivity index (χ1v) is 11.2. The highest BCUT2D eigenvalue weighted by atomic mass is 16.5. The molecule has 162 valence electrons. The summed E-state index contributed by atoms with van der Waals surface area (Å²) in [5.41, 5.74) is 1.56. The molecule has 0 radical (unpaired) electrons. The van der Waals surface area contributed by atoms with Crippen LogP contribution in [0, 0.1) is 5.41 Å². The van der Waals surface area contributed by atoms with E-state index >= 15 is 0 Å². The van der Waals surface area contributed by atoms with Crippen molar-refractivity contribution in [1.29, 1.82) is 0 Å². The lowest BCUT2D eigenvalue weighted by Crippen LogP contribution is -2.57. The van der Waals surface area contributed by atoms with Crippen LogP contribution in [0.1, 0.15) is 37.8 Å². The van der Waals surface area contributed by atoms with Crippen molar-refractivity contribution < 1.29 is 19.2 Å². The van der Waals surface area contributed by atoms with Crippen LogP contribution in [0.5, 0.6) is 0 Å². The van der Waals surface area contributed by atoms with Crippen molar-refractivity contribution in [3.8, 4) is 0 Å². The van der Waals surface area contributed by atoms with Crippen molar-refractivity contribution in [2.24, 2.45) is 5.41 Å². The number of para-hydroxylation sites is 1. The number of ether oxygens (including phenoxy) is 1. The number of β-amino-alcohol motifs (C(OH)–C–C–N with tert-alkyl or cyclic N) is 1. The number of carbonyl (C=O) groups excluding carboxylic acids is 1. The molecule has 7 heteroatoms. The molecule has 3 aliphatic rings. The highest BCUT2D eigenvalue weighted by Gasteiger charge is 2.43. The van der Waals surface area contributed by atoms with Crippen molar-refractivity contribution in [2.75, 3.05) is 39.4 Å². The van der Waals surface area contributed by atoms with Crippen molar-refractivity contribution in [3.63, 3.8) is 0 Å². The Kier molecular flexibility index (Phi) is 5.52. The summed E-state index contributed by atoms with van der Waals surface area (Å²) in [5.74, 6) is 0.113. The molecule has 2 aromatic rings. The molecule has 5 rings (SSSR count). The van der Waals surface area contributed by atoms with Crippen LogP contribution >= 0.6 is 0 Å². The smallest absolute Gasteiger partial charge is 0.228 e. The van der Waals surface area contributed by atoms with Crippen LogP contribution in [-0.4, -0.2) is 77.5 Å². The molecule has 3 fully saturated rings. The minimum Gasteiger partial charge on any atom is -0.392 e. The summed E-state index contributed by atoms with van der Waals surface area (Å²) in [5, 5.41) is 15.6. The van der Waals surface area contributed by atoms with E-state index in [-0.39, 0.29) is 23.8 Å². The topological polar surface area (TPSA) is 79.0 Å². The third-order valence-electron chi connectivity index (χ3n) is 7.31. The van der Waals surface area contributed by atoms with E-state index in [4.69, 9.17) is 9.26 Å². The number of rotatable bonds is 3. The fourth-order valence-electron chi connectivity index (χ4n) is 5.64. The quantitative estimate of drug-likeness (QED) is 0.831. The third-order valence-corrected chi connectivity index (χ3v) is 7.31. The zero-order valence-corrected chi connectivity index (χ0v) is 17.5. The third kappa shape index (κ3) is 3.98. The first kappa shape index (κ1) is 20.0. The molecule has 1 spiro atoms. The van der Waals surface area contributed by atoms with Gasteiger partial charge in [-0.3, -0.25) is 9.69 Å². The Morgan fingerprint density at radius 3 is 2.77 bits per heavy atom. The lowest BCUT2D eigenvalue weighted by atomic mass is 9.71. The molecule has 1 atom stereocenters. The number of aliphatic hydroxyl groups excluding tert-OH is 1. The average Bonchev–Trinajstić information content (AvgIpc) is 3.17. The Morgan fingerprint density at radius 1 is 1.20 bits per heavy atom. The predicted octanol–water partition coefficient (Wildman–Crippen LogP) is 2.22. The van der Waals surface area contributed by atoms with Crippen molar-refractivity contribution >= 4 is 16.9 Å². The summed E-state index contributed by atoms with van der Waals surface area (Å²) in [7, 11) is 0. The van der Waals surface area contributed by atoms with E-state index in [9.17, 15) is 9.90 Å². The van der Waals surface area contributed by atoms with Crippen molar-refractivity contribution in [3.05, 3.63) is 30.0 Å². The molecule has 1 aromatic carbocycles. The lowest BCUT2D eigenvalue weighted by Gasteiger charge is -2.51. The predicted molar refractivity (Wildman–Crippen MR) is 112 cm³/mol. The number of piperidine rings is 2. The van der Waals surface area contributed by atoms with E-state index in [1.165, 1.54) is 0 Å². The lowest BCUT2D eigenvalue weighted by molar-refractivity contribution is -0.135. The number of carbonyl (C=O) groups is 1. The molecule has 7 nitrogen and oxygen atoms in total. The molecule has 0 bridgehead atoms. The molecule has 1 N–H and O–H groups in total. The highest BCUT2D eigenvalue weighted by molar-refractivity contribution is 5.86. The number of nitrogens with zero attached hydrogens (tertiary/aromatic N) is 3. The van der Waals surface area contributed by atoms with Gasteiger partial charge >= 0.3 is 0 Å². The number of aromatic nitrogens is 1. The minimum atomic E-state index is -0.273. The number of aliphatic hydroxyl groups is 1. The van der Waals surface area contributed by atoms with Crippen molar-refractivity contribution in [1.82, 2.24) is 15.0 Å². The Balaban J connectivity index is 1.21. The van der Waals surface area contributed by atoms with E-state index in [0.717, 1.165) is 88.2 Å². The van der Waals surface area contributed by atoms with Crippen LogP contribution in [0.15, 0.2) is 28.8 Å². The van der Waals surface area contributed by atoms with Crippen LogP contribution in [0.4, 0.5) is 0 Å². The van der Waals surface area contributed by atoms with Crippen molar-refractivity contribution in [2.45, 2.75) is 50.7 Å². The number of benzene rings is 1. The Labute approximate surface area is 176 Å². The van der Waals surface area contributed by atoms with Crippen LogP contribution in [0.3, 0.4) is 0 Å². The number of fused-ring (bicyclic) bond motifs is 1. The Hall–Kier alpha value is -1.96. The van der Waals surface area contributed by atoms with Gasteiger partial charge in [0.15, 0.2) is 5.58 Å². The average molecular weight is 414 g/mol. The largest absolute Gasteiger partial charge is 0.392 e. The summed E-state index contributed by atoms with van der Waals surface area (Å²) >= 11 is 0. The Bertz CT molecular complexity index is 883. The zero-order chi connectivity index (χ0) is 20.6. The molecule has 1 aromatic heterocycles. The van der Waals surface area contributed by atoms with Crippen LogP contribution in [0.2, 0.25) is 0 Å². The zero-order valence-electron chi connectivity index (χ0n) is 17.5. The normalized spacial score (nSPS) is 25.8. The van der Waals surface area contributed by atoms with Gasteiger partial charge in [-0.2, -0.15) is 0 Å². The SMILES string of the molecule is O=C(Cc1noc2ccccc12)N1CCC2(CC1)CC(O)CN(C1CCOCC1)C2. The maximum atomic E-state index is 12.9. The second-order valence-electron chi connectivity index (χ2n) is 9.31. The molecule has 0 saturated carbocycles. The maximum absolute atomic E-state index is 12.9. The minimum absolute atomic E-state index is 0.113. The Morgan fingerprint density at radius 2 is 1.97 bits per heavy atom. The standard InChI is InChI=1S/C23H31N3O4/c27-18-14-23(16-26(15-18)17-5-11-29-12-6-17)7-9-25(10-8-23)22(28)13-20-19-3-1-2-4-21(19)30-24-20/h1-4,17-18,27H,5-16H2. The molecular formula is C23H31N3O4. The second-order valence-corrected chi connectivity index (χ2v) is 9.31. The van der Waals surface area contributed by atoms with E-state index in [0.29, 0.717) is 6.04 Å². The van der Waals surface area contributed by atoms with Gasteiger partial charge in [0.1, 0.15) is 5.69 Å². The van der Waals surface area contributed by atoms with Crippen LogP contribution < -0.4 is 0 Å². The summed E-state index contributed by atoms with van der Waals surface area (Å²) in [6, 6.07) is 8.20. The number of hydrogen-bond acceptors (Lipinski definition) is 6. The van der Waals surface area contributed by atoms with Gasteiger partial charge in [0.05, 0.1) is 12.5 Å². The fourth-order valence-corrected chi connectivity index (χ4v) is 5.64. The first-order valence-electron chi connectivity index (χ1n) is 11.2. The molecule has 3 aliphatic heterocycles. The van der Waals surface area contributed by atoms with E-state index in [1.807, 2.05) is 29.2 Å². The molecule has 0 aliphatic carbocycles. The molecule has 30 heavy (non-hydrogen) atoms. The first-order chi connectivity index (χ1) is 14.6. The van der Waals surface area contributed by atoms with Gasteiger partial charge in [-0.15, -0.1) is 0 Å². The van der Waals surface area contributed by atoms with Gasteiger partial charge in [-0.25, -0.2) is 0 Å². The van der Waals surface area contributed by atoms with Gasteiger partial charge in [0.2, 0.25) is 5.91 Å².